The van der Waals surface area contributed by atoms with Crippen LogP contribution in [0.25, 0.3) is 0 Å². The van der Waals surface area contributed by atoms with Crippen LogP contribution in [-0.2, 0) is 14.3 Å². The molecule has 9 heteroatoms. The fraction of sp³-hybridized carbons (Fsp3) is 0.579. The van der Waals surface area contributed by atoms with Gasteiger partial charge in [-0.15, -0.1) is 0 Å². The Labute approximate surface area is 162 Å². The number of alkyl halides is 2. The summed E-state index contributed by atoms with van der Waals surface area (Å²) < 4.78 is 32.3. The van der Waals surface area contributed by atoms with Gasteiger partial charge in [0.05, 0.1) is 12.3 Å². The first-order valence-electron chi connectivity index (χ1n) is 9.53. The van der Waals surface area contributed by atoms with E-state index in [-0.39, 0.29) is 48.4 Å². The van der Waals surface area contributed by atoms with Crippen LogP contribution in [0, 0.1) is 0 Å². The van der Waals surface area contributed by atoms with E-state index in [1.807, 2.05) is 11.8 Å². The number of ether oxygens (including phenoxy) is 1. The molecule has 1 aliphatic heterocycles. The summed E-state index contributed by atoms with van der Waals surface area (Å²) in [5, 5.41) is 2.70. The standard InChI is InChI=1S/C19H26F2N4O3/c1-2-24(13-4-5-13)16(10-22)19(27)23-12-3-6-15(14(9-12)18(20)21)25-7-8-28-11-17(25)26/h3,6,9,13,16,18H,2,4-5,7-8,10-11,22H2,1H3,(H,23,27)/t16-/m0/s1. The molecule has 7 nitrogen and oxygen atoms in total. The molecule has 1 atom stereocenters. The van der Waals surface area contributed by atoms with Gasteiger partial charge >= 0.3 is 0 Å². The zero-order valence-corrected chi connectivity index (χ0v) is 15.9. The number of rotatable bonds is 8. The number of morpholine rings is 1. The summed E-state index contributed by atoms with van der Waals surface area (Å²) in [6.07, 6.45) is -0.711. The largest absolute Gasteiger partial charge is 0.370 e. The first-order valence-corrected chi connectivity index (χ1v) is 9.53. The molecule has 1 saturated heterocycles. The maximum atomic E-state index is 13.6. The van der Waals surface area contributed by atoms with Gasteiger partial charge in [0.15, 0.2) is 0 Å². The van der Waals surface area contributed by atoms with Gasteiger partial charge in [-0.3, -0.25) is 14.5 Å². The maximum absolute atomic E-state index is 13.6. The zero-order valence-electron chi connectivity index (χ0n) is 15.9. The highest BCUT2D eigenvalue weighted by Crippen LogP contribution is 2.33. The SMILES string of the molecule is CCN(C1CC1)[C@@H](CN)C(=O)Nc1ccc(N2CCOCC2=O)c(C(F)F)c1. The van der Waals surface area contributed by atoms with E-state index < -0.39 is 12.5 Å². The summed E-state index contributed by atoms with van der Waals surface area (Å²) >= 11 is 0. The van der Waals surface area contributed by atoms with E-state index in [9.17, 15) is 18.4 Å². The third kappa shape index (κ3) is 4.48. The van der Waals surface area contributed by atoms with Crippen molar-refractivity contribution in [1.29, 1.82) is 0 Å². The van der Waals surface area contributed by atoms with Crippen LogP contribution in [0.5, 0.6) is 0 Å². The number of hydrogen-bond donors (Lipinski definition) is 2. The highest BCUT2D eigenvalue weighted by atomic mass is 19.3. The molecule has 3 rings (SSSR count). The number of anilines is 2. The molecule has 0 radical (unpaired) electrons. The molecule has 0 bridgehead atoms. The summed E-state index contributed by atoms with van der Waals surface area (Å²) in [4.78, 5) is 28.0. The minimum absolute atomic E-state index is 0.132. The van der Waals surface area contributed by atoms with Gasteiger partial charge in [-0.05, 0) is 37.6 Å². The first-order chi connectivity index (χ1) is 13.5. The number of nitrogens with one attached hydrogen (secondary N) is 1. The number of carbonyl (C=O) groups is 2. The number of likely N-dealkylation sites (N-methyl/N-ethyl adjacent to an activating group) is 1. The monoisotopic (exact) mass is 396 g/mol. The summed E-state index contributed by atoms with van der Waals surface area (Å²) in [5.74, 6) is -0.678. The normalized spacial score (nSPS) is 18.6. The molecule has 154 valence electrons. The van der Waals surface area contributed by atoms with Crippen molar-refractivity contribution in [2.75, 3.05) is 43.1 Å². The average molecular weight is 396 g/mol. The number of nitrogens with two attached hydrogens (primary N) is 1. The van der Waals surface area contributed by atoms with Crippen LogP contribution in [0.15, 0.2) is 18.2 Å². The molecule has 0 unspecified atom stereocenters. The predicted octanol–water partition coefficient (Wildman–Crippen LogP) is 1.74. The number of amides is 2. The van der Waals surface area contributed by atoms with Crippen LogP contribution in [-0.4, -0.2) is 61.6 Å². The van der Waals surface area contributed by atoms with Gasteiger partial charge in [-0.25, -0.2) is 8.78 Å². The Kier molecular flexibility index (Phi) is 6.58. The lowest BCUT2D eigenvalue weighted by Crippen LogP contribution is -2.49. The van der Waals surface area contributed by atoms with Gasteiger partial charge < -0.3 is 20.7 Å². The molecule has 1 aromatic carbocycles. The maximum Gasteiger partial charge on any atom is 0.265 e. The van der Waals surface area contributed by atoms with Crippen molar-refractivity contribution >= 4 is 23.2 Å². The molecule has 2 aliphatic rings. The molecule has 3 N–H and O–H groups in total. The second kappa shape index (κ2) is 8.93. The van der Waals surface area contributed by atoms with Crippen LogP contribution in [0.2, 0.25) is 0 Å². The lowest BCUT2D eigenvalue weighted by atomic mass is 10.1. The fourth-order valence-electron chi connectivity index (χ4n) is 3.58. The van der Waals surface area contributed by atoms with Crippen LogP contribution in [0.4, 0.5) is 20.2 Å². The summed E-state index contributed by atoms with van der Waals surface area (Å²) in [7, 11) is 0. The van der Waals surface area contributed by atoms with E-state index in [1.165, 1.54) is 23.1 Å². The Morgan fingerprint density at radius 2 is 2.18 bits per heavy atom. The minimum Gasteiger partial charge on any atom is -0.370 e. The Bertz CT molecular complexity index is 727. The van der Waals surface area contributed by atoms with E-state index in [2.05, 4.69) is 5.32 Å². The van der Waals surface area contributed by atoms with Crippen LogP contribution < -0.4 is 16.0 Å². The molecular formula is C19H26F2N4O3. The van der Waals surface area contributed by atoms with Crippen molar-refractivity contribution in [1.82, 2.24) is 4.90 Å². The number of hydrogen-bond acceptors (Lipinski definition) is 5. The molecule has 28 heavy (non-hydrogen) atoms. The molecule has 0 aromatic heterocycles. The molecule has 1 aliphatic carbocycles. The summed E-state index contributed by atoms with van der Waals surface area (Å²) in [5.41, 5.74) is 5.91. The van der Waals surface area contributed by atoms with Gasteiger partial charge in [0.1, 0.15) is 12.6 Å². The Balaban J connectivity index is 1.79. The second-order valence-corrected chi connectivity index (χ2v) is 6.97. The smallest absolute Gasteiger partial charge is 0.265 e. The second-order valence-electron chi connectivity index (χ2n) is 6.97. The van der Waals surface area contributed by atoms with Crippen molar-refractivity contribution in [3.63, 3.8) is 0 Å². The van der Waals surface area contributed by atoms with Gasteiger partial charge in [0.25, 0.3) is 12.3 Å². The van der Waals surface area contributed by atoms with E-state index in [4.69, 9.17) is 10.5 Å². The van der Waals surface area contributed by atoms with E-state index in [1.54, 1.807) is 0 Å². The Hall–Kier alpha value is -2.10. The molecular weight excluding hydrogens is 370 g/mol. The first kappa shape index (κ1) is 20.6. The molecule has 1 aromatic rings. The summed E-state index contributed by atoms with van der Waals surface area (Å²) in [6, 6.07) is 4.05. The summed E-state index contributed by atoms with van der Waals surface area (Å²) in [6.45, 7) is 3.19. The Morgan fingerprint density at radius 1 is 1.43 bits per heavy atom. The van der Waals surface area contributed by atoms with Gasteiger partial charge in [-0.1, -0.05) is 6.92 Å². The molecule has 2 fully saturated rings. The Morgan fingerprint density at radius 3 is 2.75 bits per heavy atom. The zero-order chi connectivity index (χ0) is 20.3. The number of nitrogens with zero attached hydrogens (tertiary/aromatic N) is 2. The van der Waals surface area contributed by atoms with Crippen LogP contribution >= 0.6 is 0 Å². The highest BCUT2D eigenvalue weighted by molar-refractivity contribution is 5.98. The molecule has 1 heterocycles. The van der Waals surface area contributed by atoms with Crippen molar-refractivity contribution in [2.24, 2.45) is 5.73 Å². The van der Waals surface area contributed by atoms with Crippen LogP contribution in [0.3, 0.4) is 0 Å². The third-order valence-corrected chi connectivity index (χ3v) is 5.11. The number of halogens is 2. The molecule has 2 amide bonds. The van der Waals surface area contributed by atoms with Gasteiger partial charge in [0, 0.05) is 30.4 Å². The lowest BCUT2D eigenvalue weighted by Gasteiger charge is -2.30. The number of benzene rings is 1. The van der Waals surface area contributed by atoms with Crippen molar-refractivity contribution < 1.29 is 23.1 Å². The number of carbonyl (C=O) groups excluding carboxylic acids is 2. The van der Waals surface area contributed by atoms with Crippen molar-refractivity contribution in [2.45, 2.75) is 38.3 Å². The van der Waals surface area contributed by atoms with Gasteiger partial charge in [-0.2, -0.15) is 0 Å². The average Bonchev–Trinajstić information content (AvgIpc) is 3.51. The third-order valence-electron chi connectivity index (χ3n) is 5.11. The van der Waals surface area contributed by atoms with Crippen molar-refractivity contribution in [3.8, 4) is 0 Å². The molecule has 0 spiro atoms. The van der Waals surface area contributed by atoms with E-state index in [0.29, 0.717) is 19.2 Å². The lowest BCUT2D eigenvalue weighted by molar-refractivity contribution is -0.125. The van der Waals surface area contributed by atoms with Crippen molar-refractivity contribution in [3.05, 3.63) is 23.8 Å². The van der Waals surface area contributed by atoms with E-state index >= 15 is 0 Å². The predicted molar refractivity (Wildman–Crippen MR) is 101 cm³/mol. The molecule has 1 saturated carbocycles. The highest BCUT2D eigenvalue weighted by Gasteiger charge is 2.35. The topological polar surface area (TPSA) is 87.9 Å². The van der Waals surface area contributed by atoms with Gasteiger partial charge in [0.2, 0.25) is 5.91 Å². The van der Waals surface area contributed by atoms with E-state index in [0.717, 1.165) is 12.8 Å². The van der Waals surface area contributed by atoms with Crippen LogP contribution in [0.1, 0.15) is 31.8 Å². The minimum atomic E-state index is -2.79. The quantitative estimate of drug-likeness (QED) is 0.699. The fourth-order valence-corrected chi connectivity index (χ4v) is 3.58.